The van der Waals surface area contributed by atoms with Crippen LogP contribution in [0.5, 0.6) is 0 Å². The molecule has 1 N–H and O–H groups in total. The zero-order chi connectivity index (χ0) is 20.5. The highest BCUT2D eigenvalue weighted by atomic mass is 16.5. The molecule has 30 heavy (non-hydrogen) atoms. The van der Waals surface area contributed by atoms with Gasteiger partial charge in [0, 0.05) is 11.9 Å². The molecule has 1 aliphatic rings. The lowest BCUT2D eigenvalue weighted by atomic mass is 9.98. The van der Waals surface area contributed by atoms with Crippen LogP contribution in [0.4, 0.5) is 11.5 Å². The minimum Gasteiger partial charge on any atom is -0.465 e. The Labute approximate surface area is 175 Å². The van der Waals surface area contributed by atoms with Crippen molar-refractivity contribution in [1.82, 2.24) is 4.98 Å². The highest BCUT2D eigenvalue weighted by Crippen LogP contribution is 2.41. The Kier molecular flexibility index (Phi) is 4.68. The van der Waals surface area contributed by atoms with Crippen molar-refractivity contribution in [1.29, 1.82) is 0 Å². The maximum Gasteiger partial charge on any atom is 0.341 e. The van der Waals surface area contributed by atoms with E-state index in [0.717, 1.165) is 29.5 Å². The molecular formula is C26H22N2O2. The fourth-order valence-corrected chi connectivity index (χ4v) is 3.85. The zero-order valence-electron chi connectivity index (χ0n) is 16.8. The average Bonchev–Trinajstić information content (AvgIpc) is 3.64. The number of rotatable bonds is 5. The largest absolute Gasteiger partial charge is 0.465 e. The van der Waals surface area contributed by atoms with Crippen molar-refractivity contribution >= 4 is 28.2 Å². The van der Waals surface area contributed by atoms with Gasteiger partial charge >= 0.3 is 5.97 Å². The summed E-state index contributed by atoms with van der Waals surface area (Å²) in [5.41, 5.74) is 4.84. The third kappa shape index (κ3) is 3.52. The molecule has 4 aromatic rings. The summed E-state index contributed by atoms with van der Waals surface area (Å²) in [6, 6.07) is 24.8. The number of carbonyl (C=O) groups excluding carboxylic acids is 1. The van der Waals surface area contributed by atoms with Crippen LogP contribution >= 0.6 is 0 Å². The van der Waals surface area contributed by atoms with E-state index in [9.17, 15) is 4.79 Å². The van der Waals surface area contributed by atoms with Crippen LogP contribution in [-0.4, -0.2) is 18.1 Å². The van der Waals surface area contributed by atoms with Gasteiger partial charge in [0.25, 0.3) is 0 Å². The minimum atomic E-state index is -0.375. The van der Waals surface area contributed by atoms with E-state index < -0.39 is 0 Å². The van der Waals surface area contributed by atoms with Crippen LogP contribution in [0, 0.1) is 0 Å². The summed E-state index contributed by atoms with van der Waals surface area (Å²) >= 11 is 0. The molecule has 0 spiro atoms. The fraction of sp³-hybridized carbons (Fsp3) is 0.154. The van der Waals surface area contributed by atoms with Crippen LogP contribution in [0.1, 0.15) is 34.7 Å². The number of benzene rings is 3. The Balaban J connectivity index is 1.51. The molecule has 148 valence electrons. The number of nitrogens with zero attached hydrogens (tertiary/aromatic N) is 1. The van der Waals surface area contributed by atoms with Crippen LogP contribution in [-0.2, 0) is 4.74 Å². The molecule has 0 saturated heterocycles. The number of ether oxygens (including phenoxy) is 1. The molecule has 1 aromatic heterocycles. The first kappa shape index (κ1) is 18.4. The summed E-state index contributed by atoms with van der Waals surface area (Å²) in [6.07, 6.45) is 4.17. The Morgan fingerprint density at radius 1 is 1.00 bits per heavy atom. The summed E-state index contributed by atoms with van der Waals surface area (Å²) in [4.78, 5) is 16.9. The summed E-state index contributed by atoms with van der Waals surface area (Å²) in [7, 11) is 1.40. The van der Waals surface area contributed by atoms with Gasteiger partial charge in [0.1, 0.15) is 11.4 Å². The normalized spacial score (nSPS) is 13.2. The van der Waals surface area contributed by atoms with Gasteiger partial charge in [-0.2, -0.15) is 0 Å². The van der Waals surface area contributed by atoms with E-state index in [-0.39, 0.29) is 5.97 Å². The second-order valence-electron chi connectivity index (χ2n) is 7.66. The lowest BCUT2D eigenvalue weighted by Crippen LogP contribution is -2.08. The SMILES string of the molecule is COC(=O)c1cc(C2CC2)cnc1Nc1ccc2c(-c3ccccc3)cccc2c1. The Morgan fingerprint density at radius 3 is 2.60 bits per heavy atom. The predicted molar refractivity (Wildman–Crippen MR) is 120 cm³/mol. The molecule has 1 heterocycles. The van der Waals surface area contributed by atoms with Gasteiger partial charge in [-0.1, -0.05) is 54.6 Å². The van der Waals surface area contributed by atoms with Gasteiger partial charge < -0.3 is 10.1 Å². The molecule has 0 aliphatic heterocycles. The summed E-state index contributed by atoms with van der Waals surface area (Å²) in [6.45, 7) is 0. The molecule has 0 radical (unpaired) electrons. The van der Waals surface area contributed by atoms with E-state index in [2.05, 4.69) is 64.9 Å². The fourth-order valence-electron chi connectivity index (χ4n) is 3.85. The second kappa shape index (κ2) is 7.64. The number of nitrogens with one attached hydrogen (secondary N) is 1. The van der Waals surface area contributed by atoms with Gasteiger partial charge in [0.05, 0.1) is 7.11 Å². The average molecular weight is 394 g/mol. The number of hydrogen-bond acceptors (Lipinski definition) is 4. The van der Waals surface area contributed by atoms with Crippen molar-refractivity contribution in [2.45, 2.75) is 18.8 Å². The Hall–Kier alpha value is -3.66. The van der Waals surface area contributed by atoms with Crippen molar-refractivity contribution in [3.8, 4) is 11.1 Å². The lowest BCUT2D eigenvalue weighted by Gasteiger charge is -2.13. The zero-order valence-corrected chi connectivity index (χ0v) is 16.8. The minimum absolute atomic E-state index is 0.375. The number of fused-ring (bicyclic) bond motifs is 1. The number of esters is 1. The maximum atomic E-state index is 12.3. The Bertz CT molecular complexity index is 1230. The third-order valence-corrected chi connectivity index (χ3v) is 5.59. The summed E-state index contributed by atoms with van der Waals surface area (Å²) in [5.74, 6) is 0.663. The number of carbonyl (C=O) groups is 1. The quantitative estimate of drug-likeness (QED) is 0.403. The smallest absolute Gasteiger partial charge is 0.341 e. The monoisotopic (exact) mass is 394 g/mol. The van der Waals surface area contributed by atoms with Gasteiger partial charge in [0.15, 0.2) is 0 Å². The van der Waals surface area contributed by atoms with Crippen LogP contribution in [0.3, 0.4) is 0 Å². The number of hydrogen-bond donors (Lipinski definition) is 1. The van der Waals surface area contributed by atoms with Gasteiger partial charge in [-0.05, 0) is 64.4 Å². The van der Waals surface area contributed by atoms with Crippen molar-refractivity contribution in [2.75, 3.05) is 12.4 Å². The van der Waals surface area contributed by atoms with Crippen LogP contribution in [0.2, 0.25) is 0 Å². The topological polar surface area (TPSA) is 51.2 Å². The van der Waals surface area contributed by atoms with Crippen LogP contribution in [0.15, 0.2) is 79.0 Å². The summed E-state index contributed by atoms with van der Waals surface area (Å²) < 4.78 is 4.99. The van der Waals surface area contributed by atoms with Crippen molar-refractivity contribution in [2.24, 2.45) is 0 Å². The predicted octanol–water partition coefficient (Wildman–Crippen LogP) is 6.31. The Morgan fingerprint density at radius 2 is 1.83 bits per heavy atom. The molecule has 1 saturated carbocycles. The van der Waals surface area contributed by atoms with Gasteiger partial charge in [-0.25, -0.2) is 9.78 Å². The lowest BCUT2D eigenvalue weighted by molar-refractivity contribution is 0.0601. The molecule has 0 amide bonds. The molecule has 0 bridgehead atoms. The van der Waals surface area contributed by atoms with Crippen molar-refractivity contribution in [3.63, 3.8) is 0 Å². The molecule has 1 aliphatic carbocycles. The first-order chi connectivity index (χ1) is 14.7. The molecule has 4 nitrogen and oxygen atoms in total. The van der Waals surface area contributed by atoms with E-state index in [1.807, 2.05) is 24.4 Å². The molecule has 4 heteroatoms. The summed E-state index contributed by atoms with van der Waals surface area (Å²) in [5, 5.41) is 5.61. The third-order valence-electron chi connectivity index (χ3n) is 5.59. The van der Waals surface area contributed by atoms with Gasteiger partial charge in [0.2, 0.25) is 0 Å². The molecule has 5 rings (SSSR count). The number of anilines is 2. The van der Waals surface area contributed by atoms with Gasteiger partial charge in [-0.3, -0.25) is 0 Å². The van der Waals surface area contributed by atoms with E-state index in [0.29, 0.717) is 17.3 Å². The van der Waals surface area contributed by atoms with E-state index in [1.165, 1.54) is 23.6 Å². The highest BCUT2D eigenvalue weighted by molar-refractivity contribution is 5.99. The van der Waals surface area contributed by atoms with Crippen molar-refractivity contribution < 1.29 is 9.53 Å². The highest BCUT2D eigenvalue weighted by Gasteiger charge is 2.26. The van der Waals surface area contributed by atoms with Gasteiger partial charge in [-0.15, -0.1) is 0 Å². The first-order valence-corrected chi connectivity index (χ1v) is 10.2. The van der Waals surface area contributed by atoms with Crippen molar-refractivity contribution in [3.05, 3.63) is 90.1 Å². The van der Waals surface area contributed by atoms with Crippen LogP contribution < -0.4 is 5.32 Å². The molecule has 1 fully saturated rings. The number of pyridine rings is 1. The van der Waals surface area contributed by atoms with Crippen LogP contribution in [0.25, 0.3) is 21.9 Å². The standard InChI is InChI=1S/C26H22N2O2/c1-30-26(29)24-15-20(17-10-11-17)16-27-25(24)28-21-12-13-23-19(14-21)8-5-9-22(23)18-6-3-2-4-7-18/h2-9,12-17H,10-11H2,1H3,(H,27,28). The second-order valence-corrected chi connectivity index (χ2v) is 7.66. The van der Waals surface area contributed by atoms with E-state index in [1.54, 1.807) is 0 Å². The maximum absolute atomic E-state index is 12.3. The molecule has 0 unspecified atom stereocenters. The number of methoxy groups -OCH3 is 1. The molecule has 3 aromatic carbocycles. The molecule has 0 atom stereocenters. The number of aromatic nitrogens is 1. The first-order valence-electron chi connectivity index (χ1n) is 10.2. The molecular weight excluding hydrogens is 372 g/mol. The van der Waals surface area contributed by atoms with E-state index >= 15 is 0 Å². The van der Waals surface area contributed by atoms with E-state index in [4.69, 9.17) is 4.74 Å².